The molecule has 0 aromatic heterocycles. The van der Waals surface area contributed by atoms with Crippen LogP contribution in [-0.4, -0.2) is 123 Å². The molecule has 1 heterocycles. The van der Waals surface area contributed by atoms with Gasteiger partial charge in [-0.1, -0.05) is 61.8 Å². The molecule has 0 radical (unpaired) electrons. The molecule has 1 rings (SSSR count). The largest absolute Gasteiger partial charge is 0.481 e. The number of nitrogens with one attached hydrogen (secondary N) is 5. The Balaban J connectivity index is 3.27. The molecule has 1 saturated heterocycles. The minimum absolute atomic E-state index is 0.0396. The van der Waals surface area contributed by atoms with Gasteiger partial charge in [0, 0.05) is 12.5 Å². The van der Waals surface area contributed by atoms with Crippen molar-refractivity contribution in [1.82, 2.24) is 31.5 Å². The Morgan fingerprint density at radius 3 is 1.65 bits per heavy atom. The molecule has 314 valence electrons. The van der Waals surface area contributed by atoms with Gasteiger partial charge >= 0.3 is 11.9 Å². The summed E-state index contributed by atoms with van der Waals surface area (Å²) in [4.78, 5) is 106. The monoisotopic (exact) mass is 784 g/mol. The van der Waals surface area contributed by atoms with Gasteiger partial charge in [-0.25, -0.2) is 0 Å². The second-order valence-corrected chi connectivity index (χ2v) is 15.6. The van der Waals surface area contributed by atoms with Crippen molar-refractivity contribution in [2.24, 2.45) is 23.7 Å². The summed E-state index contributed by atoms with van der Waals surface area (Å²) in [5, 5.41) is 41.5. The van der Waals surface area contributed by atoms with Gasteiger partial charge in [0.1, 0.15) is 30.2 Å². The van der Waals surface area contributed by atoms with Gasteiger partial charge in [-0.3, -0.25) is 38.4 Å². The van der Waals surface area contributed by atoms with Crippen molar-refractivity contribution >= 4 is 47.4 Å². The number of hydrogen-bond acceptors (Lipinski definition) is 9. The zero-order valence-electron chi connectivity index (χ0n) is 33.7. The van der Waals surface area contributed by atoms with Gasteiger partial charge in [-0.2, -0.15) is 0 Å². The lowest BCUT2D eigenvalue weighted by Crippen LogP contribution is -2.71. The first-order valence-corrected chi connectivity index (χ1v) is 19.4. The second-order valence-electron chi connectivity index (χ2n) is 15.6. The summed E-state index contributed by atoms with van der Waals surface area (Å²) in [5.41, 5.74) is 3.97. The number of nitrogens with zero attached hydrogens (tertiary/aromatic N) is 1. The molecule has 0 aliphatic carbocycles. The Kier molecular flexibility index (Phi) is 20.9. The Hall–Kier alpha value is -4.32. The van der Waals surface area contributed by atoms with Crippen LogP contribution in [-0.2, 0) is 38.4 Å². The summed E-state index contributed by atoms with van der Waals surface area (Å²) < 4.78 is 0. The van der Waals surface area contributed by atoms with Crippen molar-refractivity contribution in [3.8, 4) is 0 Å². The minimum atomic E-state index is -1.61. The zero-order valence-corrected chi connectivity index (χ0v) is 33.7. The highest BCUT2D eigenvalue weighted by molar-refractivity contribution is 5.98. The fourth-order valence-electron chi connectivity index (χ4n) is 6.32. The van der Waals surface area contributed by atoms with Crippen molar-refractivity contribution in [1.29, 1.82) is 0 Å². The lowest BCUT2D eigenvalue weighted by molar-refractivity contribution is -0.417. The smallest absolute Gasteiger partial charge is 0.305 e. The predicted molar refractivity (Wildman–Crippen MR) is 200 cm³/mol. The molecule has 1 fully saturated rings. The van der Waals surface area contributed by atoms with Crippen LogP contribution >= 0.6 is 0 Å². The molecule has 1 aliphatic rings. The van der Waals surface area contributed by atoms with Crippen molar-refractivity contribution in [2.75, 3.05) is 13.2 Å². The Bertz CT molecular complexity index is 1340. The molecule has 0 aromatic carbocycles. The maximum Gasteiger partial charge on any atom is 0.305 e. The van der Waals surface area contributed by atoms with Crippen LogP contribution in [0, 0.1) is 23.7 Å². The Morgan fingerprint density at radius 1 is 0.673 bits per heavy atom. The lowest BCUT2D eigenvalue weighted by atomic mass is 9.96. The number of likely N-dealkylation sites (tertiary alicyclic amines) is 1. The number of aliphatic carboxylic acids is 2. The van der Waals surface area contributed by atoms with E-state index >= 15 is 0 Å². The third kappa shape index (κ3) is 16.1. The Labute approximate surface area is 323 Å². The minimum Gasteiger partial charge on any atom is -0.481 e. The number of carbonyl (C=O) groups excluding carboxylic acids is 6. The zero-order chi connectivity index (χ0) is 42.2. The molecule has 9 atom stereocenters. The number of aliphatic hydroxyl groups is 1. The number of hydrogen-bond donors (Lipinski definition) is 9. The normalized spacial score (nSPS) is 18.5. The standard InChI is InChI=1S/C37H65N7O11/c1-9-21(7)30(38)37(55)44-13-11-12-27(44)35(53)41-26(17-29(48)49)33(51)40-24(15-20(5)6)34(52)43-31(22(8)10-2)36(54)42-25(16-28(46)47)32(50)39-23(18-45)14-19(3)4/h19-27,30-31,45H,9-18,38H2,1-8H3,(H,39,50)(H,40,51)(H,41,53)(H,42,54)(H,43,52)(H,46,47)(H,48,49)/p+1/t21-,22-,23-,24-,25-,26-,27-,30-,31-/m0/s1. The van der Waals surface area contributed by atoms with Crippen LogP contribution in [0.15, 0.2) is 0 Å². The average Bonchev–Trinajstić information content (AvgIpc) is 3.60. The maximum absolute atomic E-state index is 13.8. The summed E-state index contributed by atoms with van der Waals surface area (Å²) in [7, 11) is 0. The van der Waals surface area contributed by atoms with Gasteiger partial charge < -0.3 is 52.5 Å². The van der Waals surface area contributed by atoms with Gasteiger partial charge in [0.05, 0.1) is 25.5 Å². The molecule has 0 unspecified atom stereocenters. The number of amides is 6. The van der Waals surface area contributed by atoms with E-state index in [4.69, 9.17) is 0 Å². The number of carbonyl (C=O) groups is 8. The van der Waals surface area contributed by atoms with Crippen LogP contribution in [0.3, 0.4) is 0 Å². The molecule has 1 aliphatic heterocycles. The van der Waals surface area contributed by atoms with E-state index in [1.165, 1.54) is 4.90 Å². The molecule has 11 N–H and O–H groups in total. The summed E-state index contributed by atoms with van der Waals surface area (Å²) in [5.74, 6) is -7.92. The predicted octanol–water partition coefficient (Wildman–Crippen LogP) is -0.862. The fourth-order valence-corrected chi connectivity index (χ4v) is 6.32. The third-order valence-electron chi connectivity index (χ3n) is 9.97. The van der Waals surface area contributed by atoms with Crippen LogP contribution in [0.1, 0.15) is 107 Å². The lowest BCUT2D eigenvalue weighted by Gasteiger charge is -2.30. The molecule has 0 saturated carbocycles. The summed E-state index contributed by atoms with van der Waals surface area (Å²) >= 11 is 0. The van der Waals surface area contributed by atoms with Crippen molar-refractivity contribution in [3.05, 3.63) is 0 Å². The van der Waals surface area contributed by atoms with Crippen LogP contribution in [0.5, 0.6) is 0 Å². The number of aliphatic hydroxyl groups excluding tert-OH is 1. The molecule has 0 bridgehead atoms. The van der Waals surface area contributed by atoms with Gasteiger partial charge in [-0.15, -0.1) is 0 Å². The number of quaternary nitrogens is 1. The quantitative estimate of drug-likeness (QED) is 0.0580. The van der Waals surface area contributed by atoms with Gasteiger partial charge in [0.15, 0.2) is 6.04 Å². The molecular formula is C37H66N7O11+. The van der Waals surface area contributed by atoms with E-state index in [0.717, 1.165) is 0 Å². The molecular weight excluding hydrogens is 718 g/mol. The van der Waals surface area contributed by atoms with E-state index in [1.807, 2.05) is 27.7 Å². The first kappa shape index (κ1) is 48.7. The highest BCUT2D eigenvalue weighted by Gasteiger charge is 2.41. The second kappa shape index (κ2) is 23.6. The van der Waals surface area contributed by atoms with Crippen molar-refractivity contribution < 1.29 is 59.4 Å². The molecule has 18 nitrogen and oxygen atoms in total. The van der Waals surface area contributed by atoms with Crippen molar-refractivity contribution in [2.45, 2.75) is 149 Å². The topological polar surface area (TPSA) is 288 Å². The van der Waals surface area contributed by atoms with Crippen LogP contribution in [0.25, 0.3) is 0 Å². The average molecular weight is 785 g/mol. The number of carboxylic acids is 2. The molecule has 6 amide bonds. The molecule has 0 aromatic rings. The van der Waals surface area contributed by atoms with E-state index in [9.17, 15) is 53.7 Å². The van der Waals surface area contributed by atoms with Gasteiger partial charge in [0.2, 0.25) is 29.5 Å². The summed E-state index contributed by atoms with van der Waals surface area (Å²) in [6.45, 7) is 14.4. The molecule has 55 heavy (non-hydrogen) atoms. The van der Waals surface area contributed by atoms with E-state index in [1.54, 1.807) is 27.7 Å². The first-order valence-electron chi connectivity index (χ1n) is 19.4. The molecule has 18 heteroatoms. The number of carboxylic acid groups (broad SMARTS) is 2. The summed E-state index contributed by atoms with van der Waals surface area (Å²) in [6, 6.07) is -7.96. The first-order chi connectivity index (χ1) is 25.7. The van der Waals surface area contributed by atoms with E-state index in [2.05, 4.69) is 32.3 Å². The number of rotatable bonds is 24. The maximum atomic E-state index is 13.8. The van der Waals surface area contributed by atoms with Gasteiger partial charge in [0.25, 0.3) is 5.91 Å². The molecule has 0 spiro atoms. The highest BCUT2D eigenvalue weighted by Crippen LogP contribution is 2.21. The van der Waals surface area contributed by atoms with Crippen LogP contribution in [0.2, 0.25) is 0 Å². The van der Waals surface area contributed by atoms with E-state index in [-0.39, 0.29) is 30.1 Å². The Morgan fingerprint density at radius 2 is 1.16 bits per heavy atom. The van der Waals surface area contributed by atoms with E-state index in [0.29, 0.717) is 38.6 Å². The fraction of sp³-hybridized carbons (Fsp3) is 0.784. The summed E-state index contributed by atoms with van der Waals surface area (Å²) in [6.07, 6.45) is 0.752. The third-order valence-corrected chi connectivity index (χ3v) is 9.97. The van der Waals surface area contributed by atoms with E-state index < -0.39 is 109 Å². The van der Waals surface area contributed by atoms with Crippen LogP contribution in [0.4, 0.5) is 0 Å². The van der Waals surface area contributed by atoms with Crippen LogP contribution < -0.4 is 32.3 Å². The van der Waals surface area contributed by atoms with Gasteiger partial charge in [-0.05, 0) is 49.9 Å². The highest BCUT2D eigenvalue weighted by atomic mass is 16.4. The SMILES string of the molecule is CC[C@H](C)[C@H]([NH3+])C(=O)N1CCC[C@H]1C(=O)N[C@@H](CC(=O)O)C(=O)N[C@@H](CC(C)C)C(=O)N[C@H](C(=O)N[C@@H](CC(=O)O)C(=O)N[C@H](CO)CC(C)C)[C@@H](C)CC. The van der Waals surface area contributed by atoms with Crippen molar-refractivity contribution in [3.63, 3.8) is 0 Å².